The average Bonchev–Trinajstić information content (AvgIpc) is 2.88. The summed E-state index contributed by atoms with van der Waals surface area (Å²) in [6.07, 6.45) is 1.31. The maximum absolute atomic E-state index is 11.8. The van der Waals surface area contributed by atoms with Crippen molar-refractivity contribution in [2.24, 2.45) is 0 Å². The van der Waals surface area contributed by atoms with Crippen LogP contribution in [0.15, 0.2) is 18.5 Å². The van der Waals surface area contributed by atoms with Crippen molar-refractivity contribution in [1.82, 2.24) is 20.1 Å². The minimum Gasteiger partial charge on any atom is -0.334 e. The van der Waals surface area contributed by atoms with Crippen LogP contribution in [0.25, 0.3) is 0 Å². The molecular formula is C9H9ClN4OS. The summed E-state index contributed by atoms with van der Waals surface area (Å²) >= 11 is 7.27. The van der Waals surface area contributed by atoms with Gasteiger partial charge >= 0.3 is 0 Å². The molecule has 0 saturated heterocycles. The highest BCUT2D eigenvalue weighted by Gasteiger charge is 2.15. The number of aromatic amines is 1. The van der Waals surface area contributed by atoms with E-state index in [2.05, 4.69) is 15.2 Å². The molecular weight excluding hydrogens is 248 g/mol. The summed E-state index contributed by atoms with van der Waals surface area (Å²) < 4.78 is 0.718. The predicted octanol–water partition coefficient (Wildman–Crippen LogP) is 1.79. The molecule has 1 N–H and O–H groups in total. The third-order valence-corrected chi connectivity index (χ3v) is 3.20. The fourth-order valence-corrected chi connectivity index (χ4v) is 2.37. The van der Waals surface area contributed by atoms with Crippen LogP contribution in [0.3, 0.4) is 0 Å². The van der Waals surface area contributed by atoms with Crippen LogP contribution in [0, 0.1) is 0 Å². The molecule has 0 saturated carbocycles. The van der Waals surface area contributed by atoms with E-state index in [1.54, 1.807) is 11.9 Å². The summed E-state index contributed by atoms with van der Waals surface area (Å²) in [4.78, 5) is 18.2. The number of hydrogen-bond acceptors (Lipinski definition) is 4. The molecule has 2 rings (SSSR count). The molecule has 16 heavy (non-hydrogen) atoms. The number of rotatable bonds is 3. The second kappa shape index (κ2) is 4.63. The molecule has 0 aliphatic rings. The lowest BCUT2D eigenvalue weighted by atomic mass is 10.4. The standard InChI is InChI=1S/C9H9ClN4OS/c1-14(4-6-2-3-7(10)16-6)9(15)8-11-5-12-13-8/h2-3,5H,4H2,1H3,(H,11,12,13). The van der Waals surface area contributed by atoms with Crippen molar-refractivity contribution in [2.75, 3.05) is 7.05 Å². The highest BCUT2D eigenvalue weighted by atomic mass is 35.5. The smallest absolute Gasteiger partial charge is 0.291 e. The SMILES string of the molecule is CN(Cc1ccc(Cl)s1)C(=O)c1ncn[nH]1. The van der Waals surface area contributed by atoms with Gasteiger partial charge in [-0.25, -0.2) is 4.98 Å². The van der Waals surface area contributed by atoms with E-state index >= 15 is 0 Å². The summed E-state index contributed by atoms with van der Waals surface area (Å²) in [5.41, 5.74) is 0. The number of nitrogens with one attached hydrogen (secondary N) is 1. The Bertz CT molecular complexity index is 481. The molecule has 5 nitrogen and oxygen atoms in total. The second-order valence-corrected chi connectivity index (χ2v) is 5.00. The molecule has 0 bridgehead atoms. The van der Waals surface area contributed by atoms with E-state index in [0.717, 1.165) is 9.21 Å². The second-order valence-electron chi connectivity index (χ2n) is 3.20. The summed E-state index contributed by atoms with van der Waals surface area (Å²) in [5, 5.41) is 6.17. The lowest BCUT2D eigenvalue weighted by molar-refractivity contribution is 0.0775. The van der Waals surface area contributed by atoms with Gasteiger partial charge in [0.05, 0.1) is 10.9 Å². The van der Waals surface area contributed by atoms with Gasteiger partial charge in [0, 0.05) is 11.9 Å². The van der Waals surface area contributed by atoms with E-state index in [1.807, 2.05) is 12.1 Å². The molecule has 1 amide bonds. The molecule has 0 unspecified atom stereocenters. The number of thiophene rings is 1. The Labute approximate surface area is 101 Å². The van der Waals surface area contributed by atoms with Crippen molar-refractivity contribution in [3.05, 3.63) is 33.5 Å². The lowest BCUT2D eigenvalue weighted by Crippen LogP contribution is -2.26. The fourth-order valence-electron chi connectivity index (χ4n) is 1.23. The van der Waals surface area contributed by atoms with Gasteiger partial charge in [0.2, 0.25) is 5.82 Å². The van der Waals surface area contributed by atoms with Crippen molar-refractivity contribution in [1.29, 1.82) is 0 Å². The Kier molecular flexibility index (Phi) is 3.21. The number of amides is 1. The molecule has 0 fully saturated rings. The van der Waals surface area contributed by atoms with Crippen LogP contribution in [0.2, 0.25) is 4.34 Å². The first-order valence-corrected chi connectivity index (χ1v) is 5.71. The van der Waals surface area contributed by atoms with Crippen LogP contribution in [-0.2, 0) is 6.54 Å². The van der Waals surface area contributed by atoms with Crippen molar-refractivity contribution >= 4 is 28.8 Å². The van der Waals surface area contributed by atoms with Crippen molar-refractivity contribution in [3.63, 3.8) is 0 Å². The van der Waals surface area contributed by atoms with Crippen LogP contribution in [-0.4, -0.2) is 33.0 Å². The largest absolute Gasteiger partial charge is 0.334 e. The maximum Gasteiger partial charge on any atom is 0.291 e. The number of nitrogens with zero attached hydrogens (tertiary/aromatic N) is 3. The van der Waals surface area contributed by atoms with Gasteiger partial charge in [0.25, 0.3) is 5.91 Å². The minimum atomic E-state index is -0.193. The van der Waals surface area contributed by atoms with Gasteiger partial charge in [-0.2, -0.15) is 5.10 Å². The van der Waals surface area contributed by atoms with Crippen LogP contribution < -0.4 is 0 Å². The topological polar surface area (TPSA) is 61.9 Å². The minimum absolute atomic E-state index is 0.193. The Morgan fingerprint density at radius 1 is 1.62 bits per heavy atom. The molecule has 0 aromatic carbocycles. The molecule has 2 aromatic rings. The van der Waals surface area contributed by atoms with Crippen molar-refractivity contribution in [3.8, 4) is 0 Å². The zero-order chi connectivity index (χ0) is 11.5. The first kappa shape index (κ1) is 11.1. The summed E-state index contributed by atoms with van der Waals surface area (Å²) in [7, 11) is 1.71. The number of aromatic nitrogens is 3. The maximum atomic E-state index is 11.8. The molecule has 0 aliphatic carbocycles. The summed E-state index contributed by atoms with van der Waals surface area (Å²) in [5.74, 6) is 0.0483. The number of H-pyrrole nitrogens is 1. The molecule has 0 radical (unpaired) electrons. The van der Waals surface area contributed by atoms with Crippen LogP contribution in [0.5, 0.6) is 0 Å². The molecule has 0 spiro atoms. The molecule has 0 aliphatic heterocycles. The van der Waals surface area contributed by atoms with E-state index in [4.69, 9.17) is 11.6 Å². The van der Waals surface area contributed by atoms with Gasteiger partial charge in [-0.15, -0.1) is 11.3 Å². The first-order chi connectivity index (χ1) is 7.66. The third-order valence-electron chi connectivity index (χ3n) is 1.99. The summed E-state index contributed by atoms with van der Waals surface area (Å²) in [6, 6.07) is 3.71. The number of hydrogen-bond donors (Lipinski definition) is 1. The monoisotopic (exact) mass is 256 g/mol. The Balaban J connectivity index is 2.03. The van der Waals surface area contributed by atoms with Crippen LogP contribution in [0.1, 0.15) is 15.5 Å². The van der Waals surface area contributed by atoms with Crippen LogP contribution in [0.4, 0.5) is 0 Å². The zero-order valence-electron chi connectivity index (χ0n) is 8.48. The van der Waals surface area contributed by atoms with E-state index in [9.17, 15) is 4.79 Å². The first-order valence-electron chi connectivity index (χ1n) is 4.52. The molecule has 84 valence electrons. The zero-order valence-corrected chi connectivity index (χ0v) is 10.0. The van der Waals surface area contributed by atoms with Gasteiger partial charge in [-0.05, 0) is 12.1 Å². The Hall–Kier alpha value is -1.40. The average molecular weight is 257 g/mol. The molecule has 2 aromatic heterocycles. The Morgan fingerprint density at radius 2 is 2.44 bits per heavy atom. The Morgan fingerprint density at radius 3 is 3.00 bits per heavy atom. The van der Waals surface area contributed by atoms with Gasteiger partial charge in [0.15, 0.2) is 0 Å². The number of halogens is 1. The fraction of sp³-hybridized carbons (Fsp3) is 0.222. The van der Waals surface area contributed by atoms with Crippen molar-refractivity contribution < 1.29 is 4.79 Å². The lowest BCUT2D eigenvalue weighted by Gasteiger charge is -2.13. The van der Waals surface area contributed by atoms with Crippen molar-refractivity contribution in [2.45, 2.75) is 6.54 Å². The van der Waals surface area contributed by atoms with E-state index in [0.29, 0.717) is 6.54 Å². The molecule has 2 heterocycles. The van der Waals surface area contributed by atoms with E-state index in [-0.39, 0.29) is 11.7 Å². The highest BCUT2D eigenvalue weighted by Crippen LogP contribution is 2.22. The quantitative estimate of drug-likeness (QED) is 0.911. The normalized spacial score (nSPS) is 10.4. The van der Waals surface area contributed by atoms with Gasteiger partial charge < -0.3 is 4.90 Å². The summed E-state index contributed by atoms with van der Waals surface area (Å²) in [6.45, 7) is 0.511. The van der Waals surface area contributed by atoms with Gasteiger partial charge in [0.1, 0.15) is 6.33 Å². The number of carbonyl (C=O) groups is 1. The van der Waals surface area contributed by atoms with Gasteiger partial charge in [-0.3, -0.25) is 9.89 Å². The highest BCUT2D eigenvalue weighted by molar-refractivity contribution is 7.16. The van der Waals surface area contributed by atoms with E-state index < -0.39 is 0 Å². The molecule has 0 atom stereocenters. The predicted molar refractivity (Wildman–Crippen MR) is 61.5 cm³/mol. The van der Waals surface area contributed by atoms with Gasteiger partial charge in [-0.1, -0.05) is 11.6 Å². The number of carbonyl (C=O) groups excluding carboxylic acids is 1. The molecule has 7 heteroatoms. The van der Waals surface area contributed by atoms with Crippen LogP contribution >= 0.6 is 22.9 Å². The van der Waals surface area contributed by atoms with E-state index in [1.165, 1.54) is 17.7 Å². The third kappa shape index (κ3) is 2.40.